The van der Waals surface area contributed by atoms with E-state index in [9.17, 15) is 13.2 Å². The van der Waals surface area contributed by atoms with E-state index in [2.05, 4.69) is 56.3 Å². The maximum absolute atomic E-state index is 14.4. The van der Waals surface area contributed by atoms with Crippen LogP contribution >= 0.6 is 0 Å². The number of nitrogens with one attached hydrogen (secondary N) is 2. The molecule has 0 amide bonds. The summed E-state index contributed by atoms with van der Waals surface area (Å²) in [5.41, 5.74) is -1.08. The normalized spacial score (nSPS) is 12.5. The number of hydrogen-bond acceptors (Lipinski definition) is 7. The van der Waals surface area contributed by atoms with Crippen molar-refractivity contribution < 1.29 is 13.2 Å². The molecule has 0 fully saturated rings. The smallest absolute Gasteiger partial charge is 0.286 e. The van der Waals surface area contributed by atoms with Gasteiger partial charge in [-0.3, -0.25) is 4.98 Å². The molecule has 0 spiro atoms. The monoisotopic (exact) mass is 473 g/mol. The molecule has 7 nitrogen and oxygen atoms in total. The Morgan fingerprint density at radius 1 is 0.853 bits per heavy atom. The average Bonchev–Trinajstić information content (AvgIpc) is 2.77. The van der Waals surface area contributed by atoms with E-state index in [1.807, 2.05) is 0 Å². The van der Waals surface area contributed by atoms with Crippen LogP contribution in [0.5, 0.6) is 0 Å². The van der Waals surface area contributed by atoms with E-state index < -0.39 is 11.6 Å². The predicted octanol–water partition coefficient (Wildman–Crippen LogP) is 6.24. The Balaban J connectivity index is 2.02. The van der Waals surface area contributed by atoms with Crippen molar-refractivity contribution in [2.45, 2.75) is 59.6 Å². The van der Waals surface area contributed by atoms with Crippen molar-refractivity contribution in [1.29, 1.82) is 0 Å². The number of pyridine rings is 2. The van der Waals surface area contributed by atoms with Crippen LogP contribution in [0.1, 0.15) is 59.4 Å². The lowest BCUT2D eigenvalue weighted by Crippen LogP contribution is -2.23. The Morgan fingerprint density at radius 3 is 2.21 bits per heavy atom. The van der Waals surface area contributed by atoms with Gasteiger partial charge in [0.05, 0.1) is 5.69 Å². The van der Waals surface area contributed by atoms with Crippen LogP contribution in [0.25, 0.3) is 11.5 Å². The van der Waals surface area contributed by atoms with Gasteiger partial charge in [0.25, 0.3) is 5.92 Å². The van der Waals surface area contributed by atoms with Crippen molar-refractivity contribution in [2.75, 3.05) is 17.2 Å². The fraction of sp³-hybridized carbons (Fsp3) is 0.458. The predicted molar refractivity (Wildman–Crippen MR) is 127 cm³/mol. The molecule has 0 saturated carbocycles. The highest BCUT2D eigenvalue weighted by Crippen LogP contribution is 2.29. The van der Waals surface area contributed by atoms with Gasteiger partial charge in [0, 0.05) is 25.4 Å². The third-order valence-corrected chi connectivity index (χ3v) is 5.37. The zero-order valence-electron chi connectivity index (χ0n) is 20.2. The van der Waals surface area contributed by atoms with Crippen molar-refractivity contribution in [3.63, 3.8) is 0 Å². The Hall–Kier alpha value is -3.30. The van der Waals surface area contributed by atoms with Crippen molar-refractivity contribution >= 4 is 17.6 Å². The van der Waals surface area contributed by atoms with Crippen molar-refractivity contribution in [2.24, 2.45) is 5.41 Å². The van der Waals surface area contributed by atoms with Gasteiger partial charge in [-0.05, 0) is 49.9 Å². The highest BCUT2D eigenvalue weighted by molar-refractivity contribution is 5.59. The summed E-state index contributed by atoms with van der Waals surface area (Å²) in [6, 6.07) is 7.52. The van der Waals surface area contributed by atoms with Gasteiger partial charge in [0.15, 0.2) is 5.82 Å². The molecule has 3 aromatic heterocycles. The molecule has 0 atom stereocenters. The molecule has 10 heteroatoms. The van der Waals surface area contributed by atoms with Crippen LogP contribution in [0.3, 0.4) is 0 Å². The van der Waals surface area contributed by atoms with Gasteiger partial charge < -0.3 is 10.6 Å². The summed E-state index contributed by atoms with van der Waals surface area (Å²) in [4.78, 5) is 21.3. The second-order valence-electron chi connectivity index (χ2n) is 9.50. The number of aromatic nitrogens is 5. The second-order valence-corrected chi connectivity index (χ2v) is 9.50. The van der Waals surface area contributed by atoms with Crippen LogP contribution in [-0.2, 0) is 11.6 Å². The molecule has 3 heterocycles. The molecule has 0 aromatic carbocycles. The van der Waals surface area contributed by atoms with Gasteiger partial charge in [-0.25, -0.2) is 9.37 Å². The van der Waals surface area contributed by atoms with Crippen LogP contribution in [0.4, 0.5) is 30.8 Å². The van der Waals surface area contributed by atoms with E-state index in [0.29, 0.717) is 12.2 Å². The zero-order valence-corrected chi connectivity index (χ0v) is 20.2. The molecule has 0 aliphatic heterocycles. The van der Waals surface area contributed by atoms with Crippen LogP contribution < -0.4 is 10.6 Å². The van der Waals surface area contributed by atoms with Crippen LogP contribution in [0.2, 0.25) is 0 Å². The first-order valence-corrected chi connectivity index (χ1v) is 11.0. The first-order chi connectivity index (χ1) is 15.8. The topological polar surface area (TPSA) is 88.5 Å². The molecule has 0 unspecified atom stereocenters. The summed E-state index contributed by atoms with van der Waals surface area (Å²) in [6.07, 6.45) is 2.41. The molecule has 2 N–H and O–H groups in total. The van der Waals surface area contributed by atoms with Gasteiger partial charge in [-0.15, -0.1) is 0 Å². The maximum Gasteiger partial charge on any atom is 0.286 e. The van der Waals surface area contributed by atoms with E-state index in [4.69, 9.17) is 0 Å². The Kier molecular flexibility index (Phi) is 7.09. The van der Waals surface area contributed by atoms with E-state index in [0.717, 1.165) is 13.3 Å². The summed E-state index contributed by atoms with van der Waals surface area (Å²) in [5, 5.41) is 6.24. The second kappa shape index (κ2) is 9.52. The number of alkyl halides is 3. The summed E-state index contributed by atoms with van der Waals surface area (Å²) in [7, 11) is 0. The van der Waals surface area contributed by atoms with Crippen LogP contribution in [-0.4, -0.2) is 31.5 Å². The highest BCUT2D eigenvalue weighted by Gasteiger charge is 2.27. The minimum Gasteiger partial charge on any atom is -0.354 e. The minimum atomic E-state index is -3.11. The van der Waals surface area contributed by atoms with Gasteiger partial charge >= 0.3 is 0 Å². The van der Waals surface area contributed by atoms with E-state index in [-0.39, 0.29) is 40.2 Å². The van der Waals surface area contributed by atoms with E-state index in [1.54, 1.807) is 18.2 Å². The average molecular weight is 474 g/mol. The number of anilines is 3. The molecule has 0 aliphatic carbocycles. The van der Waals surface area contributed by atoms with E-state index >= 15 is 0 Å². The highest BCUT2D eigenvalue weighted by atomic mass is 19.3. The Bertz CT molecular complexity index is 1140. The van der Waals surface area contributed by atoms with E-state index in [1.165, 1.54) is 32.2 Å². The number of halogens is 3. The number of hydrogen-bond donors (Lipinski definition) is 2. The largest absolute Gasteiger partial charge is 0.354 e. The summed E-state index contributed by atoms with van der Waals surface area (Å²) < 4.78 is 42.0. The summed E-state index contributed by atoms with van der Waals surface area (Å²) in [5.74, 6) is -2.56. The molecular formula is C24H30F3N7. The SMILES string of the molecule is CCC(C)(C)CNc1nc(Nc2ccnc(C(C)(C)F)c2)nc(-c2cccc(C(C)(F)F)n2)n1. The first kappa shape index (κ1) is 25.3. The van der Waals surface area contributed by atoms with Crippen LogP contribution in [0.15, 0.2) is 36.5 Å². The van der Waals surface area contributed by atoms with Crippen molar-refractivity contribution in [3.8, 4) is 11.5 Å². The minimum absolute atomic E-state index is 0.0183. The summed E-state index contributed by atoms with van der Waals surface area (Å²) >= 11 is 0. The lowest BCUT2D eigenvalue weighted by molar-refractivity contribution is 0.0129. The molecule has 34 heavy (non-hydrogen) atoms. The fourth-order valence-electron chi connectivity index (χ4n) is 2.84. The van der Waals surface area contributed by atoms with Crippen LogP contribution in [0, 0.1) is 5.41 Å². The maximum atomic E-state index is 14.4. The molecule has 0 saturated heterocycles. The Labute approximate surface area is 197 Å². The van der Waals surface area contributed by atoms with Gasteiger partial charge in [-0.1, -0.05) is 26.8 Å². The number of rotatable bonds is 9. The first-order valence-electron chi connectivity index (χ1n) is 11.0. The van der Waals surface area contributed by atoms with Gasteiger partial charge in [-0.2, -0.15) is 23.7 Å². The third-order valence-electron chi connectivity index (χ3n) is 5.37. The summed E-state index contributed by atoms with van der Waals surface area (Å²) in [6.45, 7) is 10.5. The molecule has 182 valence electrons. The quantitative estimate of drug-likeness (QED) is 0.380. The Morgan fingerprint density at radius 2 is 1.56 bits per heavy atom. The standard InChI is InChI=1S/C24H30F3N7/c1-7-22(2,3)14-29-20-32-19(16-9-8-10-17(31-16)24(6,26)27)33-21(34-20)30-15-11-12-28-18(13-15)23(4,5)25/h8-13H,7,14H2,1-6H3,(H2,28,29,30,32,33,34). The number of nitrogens with zero attached hydrogens (tertiary/aromatic N) is 5. The molecular weight excluding hydrogens is 443 g/mol. The lowest BCUT2D eigenvalue weighted by atomic mass is 9.90. The van der Waals surface area contributed by atoms with Crippen molar-refractivity contribution in [1.82, 2.24) is 24.9 Å². The molecule has 3 aromatic rings. The molecule has 3 rings (SSSR count). The van der Waals surface area contributed by atoms with Gasteiger partial charge in [0.1, 0.15) is 17.1 Å². The zero-order chi connectivity index (χ0) is 25.1. The molecule has 0 radical (unpaired) electrons. The van der Waals surface area contributed by atoms with Gasteiger partial charge in [0.2, 0.25) is 11.9 Å². The van der Waals surface area contributed by atoms with Crippen molar-refractivity contribution in [3.05, 3.63) is 47.9 Å². The molecule has 0 bridgehead atoms. The third kappa shape index (κ3) is 6.61. The lowest BCUT2D eigenvalue weighted by Gasteiger charge is -2.23. The fourth-order valence-corrected chi connectivity index (χ4v) is 2.84. The molecule has 0 aliphatic rings.